The van der Waals surface area contributed by atoms with E-state index in [0.29, 0.717) is 6.42 Å². The Morgan fingerprint density at radius 3 is 2.48 bits per heavy atom. The number of carbonyl (C=O) groups is 1. The highest BCUT2D eigenvalue weighted by Gasteiger charge is 2.24. The van der Waals surface area contributed by atoms with Crippen molar-refractivity contribution in [2.75, 3.05) is 13.2 Å². The van der Waals surface area contributed by atoms with Gasteiger partial charge in [0.15, 0.2) is 0 Å². The molecular weight excluding hydrogens is 278 g/mol. The van der Waals surface area contributed by atoms with E-state index in [0.717, 1.165) is 6.42 Å². The number of amides is 2. The molecule has 0 saturated carbocycles. The second-order valence-corrected chi connectivity index (χ2v) is 5.30. The molecule has 1 aromatic carbocycles. The van der Waals surface area contributed by atoms with E-state index in [1.54, 1.807) is 6.92 Å². The van der Waals surface area contributed by atoms with Crippen molar-refractivity contribution < 1.29 is 18.7 Å². The van der Waals surface area contributed by atoms with E-state index in [1.807, 2.05) is 6.92 Å². The number of rotatable bonds is 7. The van der Waals surface area contributed by atoms with Crippen molar-refractivity contribution >= 4 is 6.03 Å². The van der Waals surface area contributed by atoms with Crippen LogP contribution in [0.1, 0.15) is 32.3 Å². The molecule has 0 fully saturated rings. The van der Waals surface area contributed by atoms with Crippen molar-refractivity contribution in [2.24, 2.45) is 0 Å². The molecule has 0 spiro atoms. The summed E-state index contributed by atoms with van der Waals surface area (Å²) in [6, 6.07) is 3.20. The molecule has 21 heavy (non-hydrogen) atoms. The van der Waals surface area contributed by atoms with E-state index in [4.69, 9.17) is 0 Å². The van der Waals surface area contributed by atoms with Gasteiger partial charge < -0.3 is 15.7 Å². The van der Waals surface area contributed by atoms with Crippen LogP contribution in [0, 0.1) is 11.6 Å². The summed E-state index contributed by atoms with van der Waals surface area (Å²) in [5, 5.41) is 14.5. The first-order valence-corrected chi connectivity index (χ1v) is 7.01. The van der Waals surface area contributed by atoms with E-state index in [1.165, 1.54) is 18.2 Å². The Bertz CT molecular complexity index is 462. The van der Waals surface area contributed by atoms with Gasteiger partial charge in [0.1, 0.15) is 11.6 Å². The zero-order valence-corrected chi connectivity index (χ0v) is 12.4. The van der Waals surface area contributed by atoms with Crippen molar-refractivity contribution in [3.63, 3.8) is 0 Å². The topological polar surface area (TPSA) is 61.4 Å². The summed E-state index contributed by atoms with van der Waals surface area (Å²) >= 11 is 0. The molecule has 1 atom stereocenters. The third-order valence-corrected chi connectivity index (χ3v) is 3.29. The van der Waals surface area contributed by atoms with Crippen LogP contribution in [0.5, 0.6) is 0 Å². The third kappa shape index (κ3) is 5.30. The Balaban J connectivity index is 2.47. The first-order chi connectivity index (χ1) is 9.91. The van der Waals surface area contributed by atoms with Crippen LogP contribution in [-0.2, 0) is 6.42 Å². The Kier molecular flexibility index (Phi) is 6.55. The molecule has 6 heteroatoms. The van der Waals surface area contributed by atoms with Crippen LogP contribution >= 0.6 is 0 Å². The fourth-order valence-corrected chi connectivity index (χ4v) is 2.12. The van der Waals surface area contributed by atoms with Gasteiger partial charge in [0.2, 0.25) is 0 Å². The van der Waals surface area contributed by atoms with Crippen LogP contribution < -0.4 is 10.6 Å². The lowest BCUT2D eigenvalue weighted by Crippen LogP contribution is -2.52. The largest absolute Gasteiger partial charge is 0.394 e. The quantitative estimate of drug-likeness (QED) is 0.724. The van der Waals surface area contributed by atoms with Crippen molar-refractivity contribution in [3.05, 3.63) is 35.4 Å². The molecule has 118 valence electrons. The Labute approximate surface area is 123 Å². The zero-order valence-electron chi connectivity index (χ0n) is 12.4. The average Bonchev–Trinajstić information content (AvgIpc) is 2.42. The maximum absolute atomic E-state index is 13.4. The van der Waals surface area contributed by atoms with Crippen molar-refractivity contribution in [1.82, 2.24) is 10.6 Å². The maximum Gasteiger partial charge on any atom is 0.315 e. The smallest absolute Gasteiger partial charge is 0.315 e. The van der Waals surface area contributed by atoms with Gasteiger partial charge >= 0.3 is 6.03 Å². The fraction of sp³-hybridized carbons (Fsp3) is 0.533. The number of nitrogens with one attached hydrogen (secondary N) is 2. The van der Waals surface area contributed by atoms with Gasteiger partial charge in [0.05, 0.1) is 12.1 Å². The molecule has 1 rings (SSSR count). The minimum atomic E-state index is -0.692. The minimum absolute atomic E-state index is 0.0451. The van der Waals surface area contributed by atoms with Crippen LogP contribution in [0.15, 0.2) is 18.2 Å². The molecule has 2 amide bonds. The third-order valence-electron chi connectivity index (χ3n) is 3.29. The summed E-state index contributed by atoms with van der Waals surface area (Å²) in [5.74, 6) is -1.24. The van der Waals surface area contributed by atoms with Crippen molar-refractivity contribution in [2.45, 2.75) is 38.6 Å². The Morgan fingerprint density at radius 1 is 1.33 bits per heavy atom. The first-order valence-electron chi connectivity index (χ1n) is 7.01. The van der Waals surface area contributed by atoms with Crippen LogP contribution in [-0.4, -0.2) is 29.8 Å². The summed E-state index contributed by atoms with van der Waals surface area (Å²) in [7, 11) is 0. The van der Waals surface area contributed by atoms with Gasteiger partial charge in [0, 0.05) is 12.1 Å². The standard InChI is InChI=1S/C15H22F2N2O2/c1-3-8-15(2,10-20)19-14(21)18-9-7-11-12(16)5-4-6-13(11)17/h4-6,20H,3,7-10H2,1-2H3,(H2,18,19,21). The molecule has 0 bridgehead atoms. The van der Waals surface area contributed by atoms with Gasteiger partial charge in [-0.1, -0.05) is 19.4 Å². The van der Waals surface area contributed by atoms with Crippen LogP contribution in [0.3, 0.4) is 0 Å². The number of urea groups is 1. The fourth-order valence-electron chi connectivity index (χ4n) is 2.12. The second kappa shape index (κ2) is 7.93. The molecule has 0 heterocycles. The molecular formula is C15H22F2N2O2. The van der Waals surface area contributed by atoms with Gasteiger partial charge in [-0.3, -0.25) is 0 Å². The SMILES string of the molecule is CCCC(C)(CO)NC(=O)NCCc1c(F)cccc1F. The second-order valence-electron chi connectivity index (χ2n) is 5.30. The molecule has 0 aliphatic heterocycles. The minimum Gasteiger partial charge on any atom is -0.394 e. The average molecular weight is 300 g/mol. The number of halogens is 2. The highest BCUT2D eigenvalue weighted by atomic mass is 19.1. The van der Waals surface area contributed by atoms with E-state index in [-0.39, 0.29) is 25.1 Å². The molecule has 0 saturated heterocycles. The van der Waals surface area contributed by atoms with E-state index >= 15 is 0 Å². The summed E-state index contributed by atoms with van der Waals surface area (Å²) in [6.07, 6.45) is 1.52. The van der Waals surface area contributed by atoms with Crippen molar-refractivity contribution in [3.8, 4) is 0 Å². The summed E-state index contributed by atoms with van der Waals surface area (Å²) in [5.41, 5.74) is -0.737. The Hall–Kier alpha value is -1.69. The zero-order chi connectivity index (χ0) is 15.9. The lowest BCUT2D eigenvalue weighted by molar-refractivity contribution is 0.163. The highest BCUT2D eigenvalue weighted by Crippen LogP contribution is 2.12. The predicted octanol–water partition coefficient (Wildman–Crippen LogP) is 2.36. The van der Waals surface area contributed by atoms with E-state index in [9.17, 15) is 18.7 Å². The molecule has 3 N–H and O–H groups in total. The molecule has 0 aliphatic carbocycles. The Morgan fingerprint density at radius 2 is 1.95 bits per heavy atom. The van der Waals surface area contributed by atoms with Gasteiger partial charge in [-0.15, -0.1) is 0 Å². The van der Waals surface area contributed by atoms with Crippen molar-refractivity contribution in [1.29, 1.82) is 0 Å². The van der Waals surface area contributed by atoms with Crippen LogP contribution in [0.25, 0.3) is 0 Å². The number of carbonyl (C=O) groups excluding carboxylic acids is 1. The van der Waals surface area contributed by atoms with Crippen LogP contribution in [0.2, 0.25) is 0 Å². The van der Waals surface area contributed by atoms with Gasteiger partial charge in [0.25, 0.3) is 0 Å². The number of aliphatic hydroxyl groups excluding tert-OH is 1. The number of hydrogen-bond acceptors (Lipinski definition) is 2. The molecule has 1 aromatic rings. The lowest BCUT2D eigenvalue weighted by Gasteiger charge is -2.28. The van der Waals surface area contributed by atoms with Gasteiger partial charge in [-0.05, 0) is 31.9 Å². The monoisotopic (exact) mass is 300 g/mol. The summed E-state index contributed by atoms with van der Waals surface area (Å²) in [6.45, 7) is 3.63. The summed E-state index contributed by atoms with van der Waals surface area (Å²) in [4.78, 5) is 11.7. The number of aliphatic hydroxyl groups is 1. The molecule has 0 aliphatic rings. The number of benzene rings is 1. The van der Waals surface area contributed by atoms with Gasteiger partial charge in [-0.25, -0.2) is 13.6 Å². The molecule has 1 unspecified atom stereocenters. The predicted molar refractivity (Wildman–Crippen MR) is 77.0 cm³/mol. The molecule has 0 aromatic heterocycles. The van der Waals surface area contributed by atoms with E-state index < -0.39 is 23.2 Å². The van der Waals surface area contributed by atoms with Crippen LogP contribution in [0.4, 0.5) is 13.6 Å². The summed E-state index contributed by atoms with van der Waals surface area (Å²) < 4.78 is 26.8. The highest BCUT2D eigenvalue weighted by molar-refractivity contribution is 5.74. The number of hydrogen-bond donors (Lipinski definition) is 3. The normalized spacial score (nSPS) is 13.6. The molecule has 4 nitrogen and oxygen atoms in total. The van der Waals surface area contributed by atoms with Gasteiger partial charge in [-0.2, -0.15) is 0 Å². The molecule has 0 radical (unpaired) electrons. The first kappa shape index (κ1) is 17.4. The maximum atomic E-state index is 13.4. The lowest BCUT2D eigenvalue weighted by atomic mass is 9.98. The van der Waals surface area contributed by atoms with E-state index in [2.05, 4.69) is 10.6 Å².